The Morgan fingerprint density at radius 3 is 2.61 bits per heavy atom. The summed E-state index contributed by atoms with van der Waals surface area (Å²) in [6.45, 7) is 3.86. The number of rotatable bonds is 7. The fourth-order valence-electron chi connectivity index (χ4n) is 5.63. The second kappa shape index (κ2) is 8.89. The van der Waals surface area contributed by atoms with Crippen molar-refractivity contribution in [2.45, 2.75) is 58.1 Å². The number of nitrogens with one attached hydrogen (secondary N) is 1. The van der Waals surface area contributed by atoms with Gasteiger partial charge in [-0.05, 0) is 63.0 Å². The van der Waals surface area contributed by atoms with Crippen molar-refractivity contribution in [1.29, 1.82) is 0 Å². The lowest BCUT2D eigenvalue weighted by Gasteiger charge is -2.29. The standard InChI is InChI=1S/C24H32N2O5/c1-14(19-11-16-8-9-17(19)10-16)25-23(28)15(2)31-24(29)18-12-22(27)26(13-18)20-6-4-5-7-21(20)30-3/h4-7,14-19H,8-13H2,1-3H3,(H,25,28)/t14-,15+,16-,17-,18+,19-/m0/s1. The summed E-state index contributed by atoms with van der Waals surface area (Å²) in [7, 11) is 1.54. The highest BCUT2D eigenvalue weighted by Gasteiger charge is 2.43. The number of nitrogens with zero attached hydrogens (tertiary/aromatic N) is 1. The van der Waals surface area contributed by atoms with E-state index < -0.39 is 18.0 Å². The van der Waals surface area contributed by atoms with Crippen molar-refractivity contribution in [2.75, 3.05) is 18.6 Å². The predicted octanol–water partition coefficient (Wildman–Crippen LogP) is 2.92. The van der Waals surface area contributed by atoms with E-state index in [1.807, 2.05) is 12.1 Å². The van der Waals surface area contributed by atoms with Gasteiger partial charge in [-0.25, -0.2) is 0 Å². The molecule has 3 fully saturated rings. The zero-order valence-corrected chi connectivity index (χ0v) is 18.5. The van der Waals surface area contributed by atoms with Crippen molar-refractivity contribution in [3.8, 4) is 5.75 Å². The number of fused-ring (bicyclic) bond motifs is 2. The Kier molecular flexibility index (Phi) is 6.21. The zero-order valence-electron chi connectivity index (χ0n) is 18.5. The van der Waals surface area contributed by atoms with Gasteiger partial charge in [-0.15, -0.1) is 0 Å². The minimum atomic E-state index is -0.885. The van der Waals surface area contributed by atoms with Crippen molar-refractivity contribution in [3.05, 3.63) is 24.3 Å². The van der Waals surface area contributed by atoms with Crippen molar-refractivity contribution in [3.63, 3.8) is 0 Å². The van der Waals surface area contributed by atoms with Crippen LogP contribution in [0.3, 0.4) is 0 Å². The molecule has 2 bridgehead atoms. The average molecular weight is 429 g/mol. The van der Waals surface area contributed by atoms with E-state index in [1.165, 1.54) is 25.7 Å². The number of hydrogen-bond acceptors (Lipinski definition) is 5. The maximum Gasteiger partial charge on any atom is 0.312 e. The van der Waals surface area contributed by atoms with Gasteiger partial charge in [-0.1, -0.05) is 18.6 Å². The first-order valence-corrected chi connectivity index (χ1v) is 11.3. The number of benzene rings is 1. The summed E-state index contributed by atoms with van der Waals surface area (Å²) in [5.41, 5.74) is 0.635. The van der Waals surface area contributed by atoms with Crippen LogP contribution in [0, 0.1) is 23.7 Å². The van der Waals surface area contributed by atoms with E-state index in [9.17, 15) is 14.4 Å². The number of esters is 1. The molecule has 6 atom stereocenters. The van der Waals surface area contributed by atoms with Gasteiger partial charge in [0.1, 0.15) is 5.75 Å². The van der Waals surface area contributed by atoms with Gasteiger partial charge in [0.25, 0.3) is 5.91 Å². The predicted molar refractivity (Wildman–Crippen MR) is 116 cm³/mol. The van der Waals surface area contributed by atoms with Crippen molar-refractivity contribution in [2.24, 2.45) is 23.7 Å². The van der Waals surface area contributed by atoms with Crippen LogP contribution in [0.15, 0.2) is 24.3 Å². The van der Waals surface area contributed by atoms with Crippen LogP contribution in [-0.4, -0.2) is 43.6 Å². The first-order valence-electron chi connectivity index (χ1n) is 11.3. The second-order valence-corrected chi connectivity index (χ2v) is 9.29. The number of anilines is 1. The Labute approximate surface area is 183 Å². The maximum atomic E-state index is 12.7. The molecule has 2 amide bonds. The van der Waals surface area contributed by atoms with E-state index >= 15 is 0 Å². The average Bonchev–Trinajstić information content (AvgIpc) is 3.49. The van der Waals surface area contributed by atoms with E-state index in [2.05, 4.69) is 12.2 Å². The molecule has 1 aromatic rings. The van der Waals surface area contributed by atoms with Gasteiger partial charge in [0.2, 0.25) is 5.91 Å². The van der Waals surface area contributed by atoms with Crippen molar-refractivity contribution >= 4 is 23.5 Å². The largest absolute Gasteiger partial charge is 0.495 e. The molecule has 3 aliphatic rings. The number of para-hydroxylation sites is 2. The number of amides is 2. The molecule has 0 spiro atoms. The molecule has 4 rings (SSSR count). The first-order chi connectivity index (χ1) is 14.9. The first kappa shape index (κ1) is 21.7. The Morgan fingerprint density at radius 2 is 1.94 bits per heavy atom. The van der Waals surface area contributed by atoms with Crippen LogP contribution in [0.2, 0.25) is 0 Å². The van der Waals surface area contributed by atoms with Crippen molar-refractivity contribution in [1.82, 2.24) is 5.32 Å². The molecule has 0 unspecified atom stereocenters. The third kappa shape index (κ3) is 4.41. The summed E-state index contributed by atoms with van der Waals surface area (Å²) < 4.78 is 10.8. The van der Waals surface area contributed by atoms with E-state index in [0.29, 0.717) is 23.3 Å². The molecule has 0 aromatic heterocycles. The molecule has 168 valence electrons. The lowest BCUT2D eigenvalue weighted by atomic mass is 9.84. The molecule has 31 heavy (non-hydrogen) atoms. The van der Waals surface area contributed by atoms with Gasteiger partial charge in [0.05, 0.1) is 18.7 Å². The number of carbonyl (C=O) groups excluding carboxylic acids is 3. The highest BCUT2D eigenvalue weighted by Crippen LogP contribution is 2.49. The molecule has 1 aliphatic heterocycles. The SMILES string of the molecule is COc1ccccc1N1C[C@H](C(=O)O[C@H](C)C(=O)N[C@@H](C)[C@@H]2C[C@H]3CC[C@H]2C3)CC1=O. The van der Waals surface area contributed by atoms with Crippen molar-refractivity contribution < 1.29 is 23.9 Å². The molecule has 1 saturated heterocycles. The number of carbonyl (C=O) groups is 3. The Morgan fingerprint density at radius 1 is 1.16 bits per heavy atom. The molecular formula is C24H32N2O5. The van der Waals surface area contributed by atoms with Crippen LogP contribution in [0.1, 0.15) is 46.0 Å². The lowest BCUT2D eigenvalue weighted by molar-refractivity contribution is -0.158. The summed E-state index contributed by atoms with van der Waals surface area (Å²) in [6.07, 6.45) is 4.23. The summed E-state index contributed by atoms with van der Waals surface area (Å²) >= 11 is 0. The fraction of sp³-hybridized carbons (Fsp3) is 0.625. The lowest BCUT2D eigenvalue weighted by Crippen LogP contribution is -2.45. The van der Waals surface area contributed by atoms with Crippen LogP contribution < -0.4 is 15.0 Å². The Balaban J connectivity index is 1.30. The molecule has 0 radical (unpaired) electrons. The monoisotopic (exact) mass is 428 g/mol. The van der Waals surface area contributed by atoms with Crippen LogP contribution >= 0.6 is 0 Å². The quantitative estimate of drug-likeness (QED) is 0.675. The van der Waals surface area contributed by atoms with Crippen LogP contribution in [0.25, 0.3) is 0 Å². The van der Waals surface area contributed by atoms with E-state index in [0.717, 1.165) is 5.92 Å². The molecule has 2 saturated carbocycles. The molecular weight excluding hydrogens is 396 g/mol. The van der Waals surface area contributed by atoms with Gasteiger partial charge in [0, 0.05) is 19.0 Å². The number of methoxy groups -OCH3 is 1. The van der Waals surface area contributed by atoms with Crippen LogP contribution in [0.5, 0.6) is 5.75 Å². The summed E-state index contributed by atoms with van der Waals surface area (Å²) in [6, 6.07) is 7.29. The van der Waals surface area contributed by atoms with E-state index in [-0.39, 0.29) is 30.8 Å². The molecule has 2 aliphatic carbocycles. The Bertz CT molecular complexity index is 856. The van der Waals surface area contributed by atoms with Gasteiger partial charge in [-0.3, -0.25) is 14.4 Å². The third-order valence-electron chi connectivity index (χ3n) is 7.30. The van der Waals surface area contributed by atoms with Gasteiger partial charge >= 0.3 is 5.97 Å². The molecule has 1 heterocycles. The highest BCUT2D eigenvalue weighted by molar-refractivity contribution is 6.00. The maximum absolute atomic E-state index is 12.7. The van der Waals surface area contributed by atoms with Gasteiger partial charge in [0.15, 0.2) is 6.10 Å². The third-order valence-corrected chi connectivity index (χ3v) is 7.30. The van der Waals surface area contributed by atoms with Crippen LogP contribution in [-0.2, 0) is 19.1 Å². The summed E-state index contributed by atoms with van der Waals surface area (Å²) in [5, 5.41) is 3.05. The number of ether oxygens (including phenoxy) is 2. The second-order valence-electron chi connectivity index (χ2n) is 9.29. The molecule has 7 nitrogen and oxygen atoms in total. The number of hydrogen-bond donors (Lipinski definition) is 1. The smallest absolute Gasteiger partial charge is 0.312 e. The topological polar surface area (TPSA) is 84.9 Å². The van der Waals surface area contributed by atoms with E-state index in [4.69, 9.17) is 9.47 Å². The molecule has 1 aromatic carbocycles. The van der Waals surface area contributed by atoms with Crippen LogP contribution in [0.4, 0.5) is 5.69 Å². The molecule has 1 N–H and O–H groups in total. The minimum absolute atomic E-state index is 0.0623. The Hall–Kier alpha value is -2.57. The van der Waals surface area contributed by atoms with E-state index in [1.54, 1.807) is 31.1 Å². The zero-order chi connectivity index (χ0) is 22.1. The van der Waals surface area contributed by atoms with Gasteiger partial charge in [-0.2, -0.15) is 0 Å². The van der Waals surface area contributed by atoms with Gasteiger partial charge < -0.3 is 19.7 Å². The minimum Gasteiger partial charge on any atom is -0.495 e. The highest BCUT2D eigenvalue weighted by atomic mass is 16.5. The fourth-order valence-corrected chi connectivity index (χ4v) is 5.63. The normalized spacial score (nSPS) is 29.0. The molecule has 7 heteroatoms. The summed E-state index contributed by atoms with van der Waals surface area (Å²) in [4.78, 5) is 39.4. The summed E-state index contributed by atoms with van der Waals surface area (Å²) in [5.74, 6) is 1.08.